The highest BCUT2D eigenvalue weighted by Crippen LogP contribution is 2.23. The van der Waals surface area contributed by atoms with E-state index in [0.29, 0.717) is 28.3 Å². The van der Waals surface area contributed by atoms with Gasteiger partial charge >= 0.3 is 5.97 Å². The second kappa shape index (κ2) is 6.29. The predicted octanol–water partition coefficient (Wildman–Crippen LogP) is 2.46. The van der Waals surface area contributed by atoms with E-state index < -0.39 is 5.97 Å². The quantitative estimate of drug-likeness (QED) is 0.372. The minimum Gasteiger partial charge on any atom is -0.465 e. The first-order valence-electron chi connectivity index (χ1n) is 5.74. The normalized spacial score (nSPS) is 10.1. The highest BCUT2D eigenvalue weighted by molar-refractivity contribution is 7.98. The van der Waals surface area contributed by atoms with E-state index in [1.54, 1.807) is 24.3 Å². The van der Waals surface area contributed by atoms with E-state index in [0.717, 1.165) is 5.56 Å². The van der Waals surface area contributed by atoms with Crippen LogP contribution in [0.3, 0.4) is 0 Å². The van der Waals surface area contributed by atoms with Crippen molar-refractivity contribution < 1.29 is 14.3 Å². The Morgan fingerprint density at radius 3 is 2.55 bits per heavy atom. The molecule has 1 aromatic heterocycles. The van der Waals surface area contributed by atoms with Crippen molar-refractivity contribution in [2.45, 2.75) is 5.16 Å². The van der Waals surface area contributed by atoms with Gasteiger partial charge in [0.25, 0.3) is 0 Å². The van der Waals surface area contributed by atoms with Gasteiger partial charge in [-0.2, -0.15) is 0 Å². The van der Waals surface area contributed by atoms with Crippen LogP contribution in [0.15, 0.2) is 35.6 Å². The van der Waals surface area contributed by atoms with Crippen LogP contribution in [0.25, 0.3) is 11.3 Å². The third-order valence-corrected chi connectivity index (χ3v) is 3.25. The molecular weight excluding hydrogens is 276 g/mol. The number of aldehydes is 1. The molecule has 102 valence electrons. The fraction of sp³-hybridized carbons (Fsp3) is 0.143. The average molecular weight is 288 g/mol. The minimum absolute atomic E-state index is 0.403. The van der Waals surface area contributed by atoms with Crippen LogP contribution in [-0.4, -0.2) is 35.6 Å². The van der Waals surface area contributed by atoms with Gasteiger partial charge in [0.05, 0.1) is 23.9 Å². The number of nitrogens with zero attached hydrogens (tertiary/aromatic N) is 2. The van der Waals surface area contributed by atoms with Gasteiger partial charge in [-0.05, 0) is 18.4 Å². The molecule has 6 heteroatoms. The molecule has 2 rings (SSSR count). The van der Waals surface area contributed by atoms with Gasteiger partial charge in [0, 0.05) is 11.8 Å². The van der Waals surface area contributed by atoms with Crippen LogP contribution < -0.4 is 0 Å². The number of carbonyl (C=O) groups is 2. The van der Waals surface area contributed by atoms with Crippen molar-refractivity contribution in [1.82, 2.24) is 9.97 Å². The molecule has 0 saturated carbocycles. The number of esters is 1. The molecule has 0 fully saturated rings. The summed E-state index contributed by atoms with van der Waals surface area (Å²) in [6.45, 7) is 0. The van der Waals surface area contributed by atoms with Crippen LogP contribution in [0.1, 0.15) is 20.7 Å². The Balaban J connectivity index is 2.45. The molecule has 0 atom stereocenters. The summed E-state index contributed by atoms with van der Waals surface area (Å²) in [5.41, 5.74) is 2.16. The lowest BCUT2D eigenvalue weighted by Crippen LogP contribution is -2.01. The monoisotopic (exact) mass is 288 g/mol. The first kappa shape index (κ1) is 14.2. The SMILES string of the molecule is COC(=O)c1ccc(-c2nc(SC)ncc2C=O)cc1. The van der Waals surface area contributed by atoms with Gasteiger partial charge in [0.2, 0.25) is 0 Å². The van der Waals surface area contributed by atoms with Crippen LogP contribution in [0.4, 0.5) is 0 Å². The zero-order chi connectivity index (χ0) is 14.5. The average Bonchev–Trinajstić information content (AvgIpc) is 2.53. The van der Waals surface area contributed by atoms with E-state index in [2.05, 4.69) is 14.7 Å². The molecule has 0 amide bonds. The summed E-state index contributed by atoms with van der Waals surface area (Å²) in [7, 11) is 1.33. The Morgan fingerprint density at radius 2 is 2.00 bits per heavy atom. The predicted molar refractivity (Wildman–Crippen MR) is 76.0 cm³/mol. The number of hydrogen-bond donors (Lipinski definition) is 0. The lowest BCUT2D eigenvalue weighted by atomic mass is 10.1. The van der Waals surface area contributed by atoms with Gasteiger partial charge in [-0.25, -0.2) is 14.8 Å². The summed E-state index contributed by atoms with van der Waals surface area (Å²) in [4.78, 5) is 30.8. The molecule has 20 heavy (non-hydrogen) atoms. The standard InChI is InChI=1S/C14H12N2O3S/c1-19-13(18)10-5-3-9(4-6-10)12-11(8-17)7-15-14(16-12)20-2/h3-8H,1-2H3. The number of hydrogen-bond acceptors (Lipinski definition) is 6. The first-order chi connectivity index (χ1) is 9.69. The molecule has 0 radical (unpaired) electrons. The number of benzene rings is 1. The van der Waals surface area contributed by atoms with Crippen LogP contribution in [0.5, 0.6) is 0 Å². The number of methoxy groups -OCH3 is 1. The Labute approximate surface area is 120 Å². The largest absolute Gasteiger partial charge is 0.465 e. The van der Waals surface area contributed by atoms with E-state index >= 15 is 0 Å². The van der Waals surface area contributed by atoms with Crippen LogP contribution in [0, 0.1) is 0 Å². The molecule has 0 aliphatic carbocycles. The maximum atomic E-state index is 11.4. The second-order valence-electron chi connectivity index (χ2n) is 3.85. The minimum atomic E-state index is -0.403. The molecule has 0 saturated heterocycles. The van der Waals surface area contributed by atoms with Gasteiger partial charge in [-0.3, -0.25) is 4.79 Å². The Morgan fingerprint density at radius 1 is 1.30 bits per heavy atom. The van der Waals surface area contributed by atoms with E-state index in [4.69, 9.17) is 0 Å². The van der Waals surface area contributed by atoms with Gasteiger partial charge < -0.3 is 4.74 Å². The van der Waals surface area contributed by atoms with Crippen molar-refractivity contribution in [3.8, 4) is 11.3 Å². The third-order valence-electron chi connectivity index (χ3n) is 2.68. The molecule has 0 aliphatic rings. The van der Waals surface area contributed by atoms with Gasteiger partial charge in [-0.15, -0.1) is 0 Å². The van der Waals surface area contributed by atoms with Crippen LogP contribution in [-0.2, 0) is 4.74 Å². The summed E-state index contributed by atoms with van der Waals surface area (Å²) in [5.74, 6) is -0.403. The maximum Gasteiger partial charge on any atom is 0.337 e. The van der Waals surface area contributed by atoms with Crippen molar-refractivity contribution in [2.24, 2.45) is 0 Å². The van der Waals surface area contributed by atoms with Crippen molar-refractivity contribution in [2.75, 3.05) is 13.4 Å². The van der Waals surface area contributed by atoms with Gasteiger partial charge in [-0.1, -0.05) is 23.9 Å². The molecular formula is C14H12N2O3S. The molecule has 1 heterocycles. The van der Waals surface area contributed by atoms with Crippen LogP contribution in [0.2, 0.25) is 0 Å². The van der Waals surface area contributed by atoms with E-state index in [1.165, 1.54) is 25.1 Å². The lowest BCUT2D eigenvalue weighted by molar-refractivity contribution is 0.0600. The van der Waals surface area contributed by atoms with Crippen molar-refractivity contribution in [1.29, 1.82) is 0 Å². The Kier molecular flexibility index (Phi) is 4.47. The fourth-order valence-corrected chi connectivity index (χ4v) is 2.01. The van der Waals surface area contributed by atoms with Crippen LogP contribution >= 0.6 is 11.8 Å². The summed E-state index contributed by atoms with van der Waals surface area (Å²) in [6.07, 6.45) is 4.07. The second-order valence-corrected chi connectivity index (χ2v) is 4.62. The zero-order valence-corrected chi connectivity index (χ0v) is 11.8. The van der Waals surface area contributed by atoms with E-state index in [1.807, 2.05) is 6.26 Å². The first-order valence-corrected chi connectivity index (χ1v) is 6.97. The number of aromatic nitrogens is 2. The number of thioether (sulfide) groups is 1. The van der Waals surface area contributed by atoms with Crippen molar-refractivity contribution >= 4 is 24.0 Å². The maximum absolute atomic E-state index is 11.4. The van der Waals surface area contributed by atoms with Crippen molar-refractivity contribution in [3.05, 3.63) is 41.6 Å². The number of carbonyl (C=O) groups excluding carboxylic acids is 2. The Hall–Kier alpha value is -2.21. The molecule has 2 aromatic rings. The highest BCUT2D eigenvalue weighted by Gasteiger charge is 2.10. The third kappa shape index (κ3) is 2.85. The fourth-order valence-electron chi connectivity index (χ4n) is 1.67. The molecule has 5 nitrogen and oxygen atoms in total. The molecule has 0 aliphatic heterocycles. The van der Waals surface area contributed by atoms with Gasteiger partial charge in [0.1, 0.15) is 0 Å². The molecule has 0 spiro atoms. The van der Waals surface area contributed by atoms with E-state index in [9.17, 15) is 9.59 Å². The summed E-state index contributed by atoms with van der Waals surface area (Å²) < 4.78 is 4.64. The number of rotatable bonds is 4. The summed E-state index contributed by atoms with van der Waals surface area (Å²) in [5, 5.41) is 0.586. The van der Waals surface area contributed by atoms with Crippen molar-refractivity contribution in [3.63, 3.8) is 0 Å². The highest BCUT2D eigenvalue weighted by atomic mass is 32.2. The lowest BCUT2D eigenvalue weighted by Gasteiger charge is -2.06. The summed E-state index contributed by atoms with van der Waals surface area (Å²) in [6, 6.07) is 6.73. The molecule has 1 aromatic carbocycles. The topological polar surface area (TPSA) is 69.2 Å². The van der Waals surface area contributed by atoms with Gasteiger partial charge in [0.15, 0.2) is 11.4 Å². The molecule has 0 unspecified atom stereocenters. The Bertz CT molecular complexity index is 641. The number of ether oxygens (including phenoxy) is 1. The molecule has 0 bridgehead atoms. The summed E-state index contributed by atoms with van der Waals surface area (Å²) >= 11 is 1.40. The smallest absolute Gasteiger partial charge is 0.337 e. The molecule has 0 N–H and O–H groups in total. The van der Waals surface area contributed by atoms with E-state index in [-0.39, 0.29) is 0 Å². The zero-order valence-electron chi connectivity index (χ0n) is 11.0.